The Kier molecular flexibility index (Phi) is 3.43. The number of hydrogen-bond donors (Lipinski definition) is 1. The maximum atomic E-state index is 13.7. The predicted molar refractivity (Wildman–Crippen MR) is 111 cm³/mol. The summed E-state index contributed by atoms with van der Waals surface area (Å²) in [6, 6.07) is 5.92. The number of amides is 1. The largest absolute Gasteiger partial charge is 0.360 e. The standard InChI is InChI=1S/C23H26N4O2/c1-12-9-15-16(10-13(12)2)25-19-18(24-15)22(6)7-8-23(19,21(22,4)5)20(28)26-17-11-14(3)29-27-17/h9-11H,7-8H2,1-6H3,(H,26,27,28). The summed E-state index contributed by atoms with van der Waals surface area (Å²) in [6.07, 6.45) is 1.65. The van der Waals surface area contributed by atoms with E-state index >= 15 is 0 Å². The normalized spacial score (nSPS) is 26.7. The van der Waals surface area contributed by atoms with Crippen LogP contribution in [0.1, 0.15) is 61.9 Å². The number of aryl methyl sites for hydroxylation is 3. The molecule has 0 saturated heterocycles. The van der Waals surface area contributed by atoms with Crippen molar-refractivity contribution in [1.82, 2.24) is 15.1 Å². The topological polar surface area (TPSA) is 80.9 Å². The van der Waals surface area contributed by atoms with Gasteiger partial charge in [-0.2, -0.15) is 0 Å². The predicted octanol–water partition coefficient (Wildman–Crippen LogP) is 4.51. The minimum Gasteiger partial charge on any atom is -0.360 e. The molecule has 2 unspecified atom stereocenters. The van der Waals surface area contributed by atoms with Gasteiger partial charge in [0.25, 0.3) is 0 Å². The number of carbonyl (C=O) groups is 1. The minimum atomic E-state index is -0.746. The molecule has 2 atom stereocenters. The molecule has 2 aromatic heterocycles. The molecule has 6 nitrogen and oxygen atoms in total. The summed E-state index contributed by atoms with van der Waals surface area (Å²) < 4.78 is 5.14. The van der Waals surface area contributed by atoms with Crippen LogP contribution in [0.25, 0.3) is 11.0 Å². The summed E-state index contributed by atoms with van der Waals surface area (Å²) in [5.41, 5.74) is 4.64. The highest BCUT2D eigenvalue weighted by atomic mass is 16.5. The highest BCUT2D eigenvalue weighted by Crippen LogP contribution is 2.70. The Labute approximate surface area is 170 Å². The third kappa shape index (κ3) is 2.07. The average molecular weight is 390 g/mol. The molecule has 0 spiro atoms. The smallest absolute Gasteiger partial charge is 0.238 e. The zero-order valence-corrected chi connectivity index (χ0v) is 17.8. The fraction of sp³-hybridized carbons (Fsp3) is 0.478. The lowest BCUT2D eigenvalue weighted by Gasteiger charge is -2.39. The lowest BCUT2D eigenvalue weighted by molar-refractivity contribution is -0.125. The van der Waals surface area contributed by atoms with Crippen LogP contribution >= 0.6 is 0 Å². The first kappa shape index (κ1) is 18.3. The zero-order valence-electron chi connectivity index (χ0n) is 17.8. The third-order valence-electron chi connectivity index (χ3n) is 7.91. The molecule has 150 valence electrons. The fourth-order valence-corrected chi connectivity index (χ4v) is 5.51. The Bertz CT molecular complexity index is 1200. The Morgan fingerprint density at radius 3 is 2.17 bits per heavy atom. The number of rotatable bonds is 2. The van der Waals surface area contributed by atoms with Crippen LogP contribution in [0.4, 0.5) is 5.82 Å². The van der Waals surface area contributed by atoms with E-state index in [0.29, 0.717) is 11.6 Å². The first-order valence-corrected chi connectivity index (χ1v) is 10.1. The van der Waals surface area contributed by atoms with E-state index in [1.165, 1.54) is 11.1 Å². The van der Waals surface area contributed by atoms with Gasteiger partial charge in [-0.15, -0.1) is 0 Å². The lowest BCUT2D eigenvalue weighted by Crippen LogP contribution is -2.48. The van der Waals surface area contributed by atoms with Gasteiger partial charge in [0.05, 0.1) is 27.8 Å². The first-order valence-electron chi connectivity index (χ1n) is 10.1. The number of carbonyl (C=O) groups excluding carboxylic acids is 1. The highest BCUT2D eigenvalue weighted by molar-refractivity contribution is 6.01. The first-order chi connectivity index (χ1) is 13.6. The van der Waals surface area contributed by atoms with Gasteiger partial charge >= 0.3 is 0 Å². The van der Waals surface area contributed by atoms with Crippen molar-refractivity contribution in [3.05, 3.63) is 46.5 Å². The van der Waals surface area contributed by atoms with Gasteiger partial charge in [0.2, 0.25) is 5.91 Å². The van der Waals surface area contributed by atoms with Crippen LogP contribution in [0.5, 0.6) is 0 Å². The van der Waals surface area contributed by atoms with Crippen molar-refractivity contribution < 1.29 is 9.32 Å². The van der Waals surface area contributed by atoms with Crippen molar-refractivity contribution >= 4 is 22.8 Å². The van der Waals surface area contributed by atoms with Crippen LogP contribution < -0.4 is 5.32 Å². The van der Waals surface area contributed by atoms with E-state index in [1.807, 2.05) is 6.92 Å². The number of nitrogens with zero attached hydrogens (tertiary/aromatic N) is 3. The van der Waals surface area contributed by atoms with Crippen molar-refractivity contribution in [3.63, 3.8) is 0 Å². The quantitative estimate of drug-likeness (QED) is 0.696. The molecule has 2 heterocycles. The molecule has 0 radical (unpaired) electrons. The highest BCUT2D eigenvalue weighted by Gasteiger charge is 2.73. The maximum absolute atomic E-state index is 13.7. The van der Waals surface area contributed by atoms with Crippen molar-refractivity contribution in [3.8, 4) is 0 Å². The molecular weight excluding hydrogens is 364 g/mol. The Hall–Kier alpha value is -2.76. The molecule has 1 fully saturated rings. The van der Waals surface area contributed by atoms with Crippen molar-refractivity contribution in [2.75, 3.05) is 5.32 Å². The van der Waals surface area contributed by atoms with Crippen LogP contribution in [0.2, 0.25) is 0 Å². The van der Waals surface area contributed by atoms with Gasteiger partial charge in [-0.1, -0.05) is 25.9 Å². The number of hydrogen-bond acceptors (Lipinski definition) is 5. The summed E-state index contributed by atoms with van der Waals surface area (Å²) in [4.78, 5) is 23.8. The molecule has 1 N–H and O–H groups in total. The van der Waals surface area contributed by atoms with E-state index in [4.69, 9.17) is 14.5 Å². The van der Waals surface area contributed by atoms with Gasteiger partial charge in [-0.3, -0.25) is 4.79 Å². The van der Waals surface area contributed by atoms with Gasteiger partial charge in [-0.05, 0) is 62.3 Å². The monoisotopic (exact) mass is 390 g/mol. The molecule has 29 heavy (non-hydrogen) atoms. The van der Waals surface area contributed by atoms with Gasteiger partial charge < -0.3 is 9.84 Å². The van der Waals surface area contributed by atoms with E-state index in [1.54, 1.807) is 6.07 Å². The number of fused-ring (bicyclic) bond motifs is 6. The molecule has 2 aliphatic carbocycles. The van der Waals surface area contributed by atoms with Crippen LogP contribution in [0.15, 0.2) is 22.7 Å². The van der Waals surface area contributed by atoms with E-state index in [-0.39, 0.29) is 16.7 Å². The summed E-state index contributed by atoms with van der Waals surface area (Å²) in [5, 5.41) is 6.95. The van der Waals surface area contributed by atoms with Crippen molar-refractivity contribution in [2.24, 2.45) is 5.41 Å². The Morgan fingerprint density at radius 2 is 1.59 bits per heavy atom. The van der Waals surface area contributed by atoms with Crippen LogP contribution in [-0.2, 0) is 15.6 Å². The molecule has 1 aromatic carbocycles. The van der Waals surface area contributed by atoms with Gasteiger partial charge in [0, 0.05) is 11.5 Å². The molecule has 3 aromatic rings. The molecule has 1 saturated carbocycles. The second-order valence-electron chi connectivity index (χ2n) is 9.49. The molecule has 5 rings (SSSR count). The summed E-state index contributed by atoms with van der Waals surface area (Å²) in [6.45, 7) is 12.6. The van der Waals surface area contributed by atoms with Crippen LogP contribution in [0.3, 0.4) is 0 Å². The summed E-state index contributed by atoms with van der Waals surface area (Å²) in [7, 11) is 0. The van der Waals surface area contributed by atoms with Gasteiger partial charge in [0.15, 0.2) is 5.82 Å². The minimum absolute atomic E-state index is 0.0734. The number of benzene rings is 1. The maximum Gasteiger partial charge on any atom is 0.238 e. The lowest BCUT2D eigenvalue weighted by atomic mass is 9.63. The molecule has 1 amide bonds. The SMILES string of the molecule is Cc1cc(NC(=O)C23CCC(C)(c4nc5cc(C)c(C)cc5nc42)C3(C)C)no1. The second-order valence-corrected chi connectivity index (χ2v) is 9.49. The van der Waals surface area contributed by atoms with Gasteiger partial charge in [-0.25, -0.2) is 9.97 Å². The van der Waals surface area contributed by atoms with Crippen molar-refractivity contribution in [2.45, 2.75) is 65.2 Å². The van der Waals surface area contributed by atoms with E-state index < -0.39 is 5.41 Å². The molecular formula is C23H26N4O2. The number of anilines is 1. The van der Waals surface area contributed by atoms with Crippen molar-refractivity contribution in [1.29, 1.82) is 0 Å². The van der Waals surface area contributed by atoms with Crippen LogP contribution in [0, 0.1) is 26.2 Å². The van der Waals surface area contributed by atoms with Gasteiger partial charge in [0.1, 0.15) is 5.76 Å². The average Bonchev–Trinajstić information content (AvgIpc) is 3.19. The summed E-state index contributed by atoms with van der Waals surface area (Å²) in [5.74, 6) is 1.03. The van der Waals surface area contributed by atoms with Crippen LogP contribution in [-0.4, -0.2) is 21.0 Å². The van der Waals surface area contributed by atoms with E-state index in [2.05, 4.69) is 57.2 Å². The fourth-order valence-electron chi connectivity index (χ4n) is 5.51. The number of aromatic nitrogens is 3. The van der Waals surface area contributed by atoms with E-state index in [9.17, 15) is 4.79 Å². The zero-order chi connectivity index (χ0) is 20.8. The van der Waals surface area contributed by atoms with E-state index in [0.717, 1.165) is 35.3 Å². The number of nitrogens with one attached hydrogen (secondary N) is 1. The molecule has 6 heteroatoms. The molecule has 0 aliphatic heterocycles. The Balaban J connectivity index is 1.73. The Morgan fingerprint density at radius 1 is 0.966 bits per heavy atom. The molecule has 2 aliphatic rings. The summed E-state index contributed by atoms with van der Waals surface area (Å²) >= 11 is 0. The molecule has 2 bridgehead atoms. The second kappa shape index (κ2) is 5.43. The third-order valence-corrected chi connectivity index (χ3v) is 7.91.